The van der Waals surface area contributed by atoms with Crippen molar-refractivity contribution >= 4 is 16.8 Å². The van der Waals surface area contributed by atoms with E-state index in [2.05, 4.69) is 10.4 Å². The summed E-state index contributed by atoms with van der Waals surface area (Å²) < 4.78 is 31.4. The molecular weight excluding hydrogens is 429 g/mol. The minimum absolute atomic E-state index is 0.0439. The number of carbonyl (C=O) groups excluding carboxylic acids is 1. The number of methoxy groups -OCH3 is 3. The Morgan fingerprint density at radius 2 is 1.58 bits per heavy atom. The van der Waals surface area contributed by atoms with Gasteiger partial charge in [0.1, 0.15) is 5.82 Å². The molecular formula is C24H20FN3O5. The Hall–Kier alpha value is -4.40. The molecule has 0 saturated heterocycles. The van der Waals surface area contributed by atoms with Crippen LogP contribution in [0.3, 0.4) is 0 Å². The van der Waals surface area contributed by atoms with Gasteiger partial charge in [-0.2, -0.15) is 4.68 Å². The number of para-hydroxylation sites is 1. The van der Waals surface area contributed by atoms with Gasteiger partial charge < -0.3 is 14.2 Å². The van der Waals surface area contributed by atoms with Crippen LogP contribution in [0.1, 0.15) is 10.4 Å². The summed E-state index contributed by atoms with van der Waals surface area (Å²) in [6.45, 7) is 0. The van der Waals surface area contributed by atoms with Crippen LogP contribution in [-0.2, 0) is 0 Å². The maximum atomic E-state index is 14.6. The molecule has 0 radical (unpaired) electrons. The van der Waals surface area contributed by atoms with E-state index in [1.807, 2.05) is 0 Å². The third-order valence-electron chi connectivity index (χ3n) is 5.03. The smallest absolute Gasteiger partial charge is 0.280 e. The van der Waals surface area contributed by atoms with Crippen molar-refractivity contribution in [1.29, 1.82) is 0 Å². The van der Waals surface area contributed by atoms with Crippen LogP contribution in [0.25, 0.3) is 22.3 Å². The monoisotopic (exact) mass is 449 g/mol. The third kappa shape index (κ3) is 3.96. The van der Waals surface area contributed by atoms with E-state index in [4.69, 9.17) is 14.2 Å². The lowest BCUT2D eigenvalue weighted by Gasteiger charge is -2.17. The Bertz CT molecular complexity index is 1390. The zero-order valence-electron chi connectivity index (χ0n) is 18.1. The number of aromatic nitrogens is 2. The van der Waals surface area contributed by atoms with Crippen molar-refractivity contribution in [1.82, 2.24) is 9.66 Å². The fourth-order valence-corrected chi connectivity index (χ4v) is 3.44. The highest BCUT2D eigenvalue weighted by Gasteiger charge is 2.21. The maximum Gasteiger partial charge on any atom is 0.280 e. The molecule has 4 rings (SSSR count). The van der Waals surface area contributed by atoms with Gasteiger partial charge in [0.25, 0.3) is 11.5 Å². The van der Waals surface area contributed by atoms with Crippen LogP contribution in [0.4, 0.5) is 4.39 Å². The second-order valence-corrected chi connectivity index (χ2v) is 6.93. The van der Waals surface area contributed by atoms with Gasteiger partial charge in [0.2, 0.25) is 5.75 Å². The van der Waals surface area contributed by atoms with E-state index in [9.17, 15) is 14.0 Å². The third-order valence-corrected chi connectivity index (χ3v) is 5.03. The highest BCUT2D eigenvalue weighted by molar-refractivity contribution is 6.01. The summed E-state index contributed by atoms with van der Waals surface area (Å²) in [7, 11) is 4.29. The van der Waals surface area contributed by atoms with E-state index in [0.717, 1.165) is 4.68 Å². The van der Waals surface area contributed by atoms with Crippen molar-refractivity contribution in [3.05, 3.63) is 82.4 Å². The molecule has 168 valence electrons. The number of benzene rings is 3. The molecule has 1 amide bonds. The fraction of sp³-hybridized carbons (Fsp3) is 0.125. The summed E-state index contributed by atoms with van der Waals surface area (Å²) in [6, 6.07) is 15.4. The largest absolute Gasteiger partial charge is 0.493 e. The second-order valence-electron chi connectivity index (χ2n) is 6.93. The number of rotatable bonds is 6. The van der Waals surface area contributed by atoms with Gasteiger partial charge in [-0.1, -0.05) is 24.3 Å². The lowest BCUT2D eigenvalue weighted by molar-refractivity contribution is 0.101. The van der Waals surface area contributed by atoms with E-state index < -0.39 is 17.3 Å². The molecule has 9 heteroatoms. The Morgan fingerprint density at radius 1 is 0.939 bits per heavy atom. The molecule has 1 aromatic heterocycles. The molecule has 0 saturated carbocycles. The van der Waals surface area contributed by atoms with Gasteiger partial charge in [-0.25, -0.2) is 9.37 Å². The number of carbonyl (C=O) groups is 1. The van der Waals surface area contributed by atoms with E-state index in [1.165, 1.54) is 51.7 Å². The van der Waals surface area contributed by atoms with Gasteiger partial charge in [-0.3, -0.25) is 15.0 Å². The molecule has 0 bridgehead atoms. The van der Waals surface area contributed by atoms with E-state index in [-0.39, 0.29) is 33.8 Å². The Morgan fingerprint density at radius 3 is 2.21 bits per heavy atom. The van der Waals surface area contributed by atoms with Crippen LogP contribution in [0, 0.1) is 5.82 Å². The van der Waals surface area contributed by atoms with E-state index in [0.29, 0.717) is 11.3 Å². The van der Waals surface area contributed by atoms with Crippen LogP contribution in [0.2, 0.25) is 0 Å². The van der Waals surface area contributed by atoms with Gasteiger partial charge in [0, 0.05) is 5.56 Å². The van der Waals surface area contributed by atoms with Crippen LogP contribution >= 0.6 is 0 Å². The molecule has 1 heterocycles. The number of nitrogens with zero attached hydrogens (tertiary/aromatic N) is 2. The SMILES string of the molecule is COc1cc(C(=O)Nn2c(-c3ccccc3F)nc3ccccc3c2=O)cc(OC)c1OC. The number of ether oxygens (including phenoxy) is 3. The summed E-state index contributed by atoms with van der Waals surface area (Å²) in [5, 5.41) is 0.266. The second kappa shape index (κ2) is 8.99. The van der Waals surface area contributed by atoms with Crippen LogP contribution in [0.15, 0.2) is 65.5 Å². The van der Waals surface area contributed by atoms with Gasteiger partial charge in [0.05, 0.1) is 37.8 Å². The van der Waals surface area contributed by atoms with Crippen molar-refractivity contribution in [2.24, 2.45) is 0 Å². The molecule has 33 heavy (non-hydrogen) atoms. The summed E-state index contributed by atoms with van der Waals surface area (Å²) in [4.78, 5) is 30.9. The highest BCUT2D eigenvalue weighted by atomic mass is 19.1. The molecule has 0 atom stereocenters. The molecule has 1 N–H and O–H groups in total. The quantitative estimate of drug-likeness (QED) is 0.484. The molecule has 0 unspecified atom stereocenters. The minimum atomic E-state index is -0.661. The first-order chi connectivity index (χ1) is 16.0. The molecule has 0 spiro atoms. The normalized spacial score (nSPS) is 10.7. The molecule has 0 aliphatic carbocycles. The maximum absolute atomic E-state index is 14.6. The van der Waals surface area contributed by atoms with Crippen molar-refractivity contribution in [3.8, 4) is 28.6 Å². The van der Waals surface area contributed by atoms with Gasteiger partial charge in [-0.05, 0) is 36.4 Å². The summed E-state index contributed by atoms with van der Waals surface area (Å²) in [6.07, 6.45) is 0. The first kappa shape index (κ1) is 21.8. The topological polar surface area (TPSA) is 91.7 Å². The van der Waals surface area contributed by atoms with Crippen molar-refractivity contribution < 1.29 is 23.4 Å². The van der Waals surface area contributed by atoms with Crippen molar-refractivity contribution in [2.75, 3.05) is 26.8 Å². The Labute approximate surface area is 188 Å². The lowest BCUT2D eigenvalue weighted by atomic mass is 10.1. The standard InChI is InChI=1S/C24H20FN3O5/c1-31-19-12-14(13-20(32-2)21(19)33-3)23(29)27-28-22(15-8-4-6-10-17(15)25)26-18-11-7-5-9-16(18)24(28)30/h4-13H,1-3H3,(H,27,29). The van der Waals surface area contributed by atoms with Gasteiger partial charge in [-0.15, -0.1) is 0 Å². The first-order valence-electron chi connectivity index (χ1n) is 9.86. The summed E-state index contributed by atoms with van der Waals surface area (Å²) in [5.41, 5.74) is 2.54. The molecule has 4 aromatic rings. The van der Waals surface area contributed by atoms with Gasteiger partial charge in [0.15, 0.2) is 17.3 Å². The van der Waals surface area contributed by atoms with Crippen LogP contribution in [-0.4, -0.2) is 36.9 Å². The first-order valence-corrected chi connectivity index (χ1v) is 9.86. The number of halogens is 1. The molecule has 0 aliphatic rings. The summed E-state index contributed by atoms with van der Waals surface area (Å²) >= 11 is 0. The predicted octanol–water partition coefficient (Wildman–Crippen LogP) is 3.61. The highest BCUT2D eigenvalue weighted by Crippen LogP contribution is 2.38. The number of amides is 1. The molecule has 8 nitrogen and oxygen atoms in total. The van der Waals surface area contributed by atoms with E-state index >= 15 is 0 Å². The summed E-state index contributed by atoms with van der Waals surface area (Å²) in [5.74, 6) is -0.451. The van der Waals surface area contributed by atoms with Crippen molar-refractivity contribution in [3.63, 3.8) is 0 Å². The average molecular weight is 449 g/mol. The number of nitrogens with one attached hydrogen (secondary N) is 1. The van der Waals surface area contributed by atoms with Crippen LogP contribution < -0.4 is 25.2 Å². The average Bonchev–Trinajstić information content (AvgIpc) is 2.85. The molecule has 0 fully saturated rings. The number of hydrogen-bond acceptors (Lipinski definition) is 6. The Balaban J connectivity index is 1.88. The molecule has 3 aromatic carbocycles. The van der Waals surface area contributed by atoms with E-state index in [1.54, 1.807) is 30.3 Å². The Kier molecular flexibility index (Phi) is 5.95. The van der Waals surface area contributed by atoms with Gasteiger partial charge >= 0.3 is 0 Å². The predicted molar refractivity (Wildman–Crippen MR) is 121 cm³/mol. The fourth-order valence-electron chi connectivity index (χ4n) is 3.44. The zero-order valence-corrected chi connectivity index (χ0v) is 18.1. The minimum Gasteiger partial charge on any atom is -0.493 e. The lowest BCUT2D eigenvalue weighted by Crippen LogP contribution is -2.35. The number of hydrogen-bond donors (Lipinski definition) is 1. The zero-order chi connectivity index (χ0) is 23.5. The molecule has 0 aliphatic heterocycles. The number of fused-ring (bicyclic) bond motifs is 1. The van der Waals surface area contributed by atoms with Crippen molar-refractivity contribution in [2.45, 2.75) is 0 Å². The van der Waals surface area contributed by atoms with Crippen LogP contribution in [0.5, 0.6) is 17.2 Å².